The number of carboxylic acid groups (broad SMARTS) is 1. The van der Waals surface area contributed by atoms with Gasteiger partial charge in [-0.15, -0.1) is 0 Å². The van der Waals surface area contributed by atoms with E-state index in [1.54, 1.807) is 0 Å². The van der Waals surface area contributed by atoms with Crippen LogP contribution in [0, 0.1) is 0 Å². The fourth-order valence-electron chi connectivity index (χ4n) is 6.33. The van der Waals surface area contributed by atoms with Crippen molar-refractivity contribution in [2.75, 3.05) is 6.54 Å². The van der Waals surface area contributed by atoms with Crippen molar-refractivity contribution in [2.24, 2.45) is 5.73 Å². The topological polar surface area (TPSA) is 119 Å². The summed E-state index contributed by atoms with van der Waals surface area (Å²) >= 11 is 0. The Balaban J connectivity index is 4.36. The van der Waals surface area contributed by atoms with Gasteiger partial charge in [0.25, 0.3) is 0 Å². The van der Waals surface area contributed by atoms with Gasteiger partial charge in [-0.05, 0) is 122 Å². The molecule has 7 nitrogen and oxygen atoms in total. The quantitative estimate of drug-likeness (QED) is 0.0321. The molecule has 0 saturated heterocycles. The molecular formula is C53H86N2O5. The average Bonchev–Trinajstić information content (AvgIpc) is 3.23. The molecule has 0 fully saturated rings. The molecule has 1 amide bonds. The van der Waals surface area contributed by atoms with Crippen LogP contribution in [-0.4, -0.2) is 41.6 Å². The minimum atomic E-state index is -1.02. The third kappa shape index (κ3) is 42.2. The number of allylic oxidation sites excluding steroid dienone is 17. The molecular weight excluding hydrogens is 745 g/mol. The van der Waals surface area contributed by atoms with Crippen LogP contribution in [0.1, 0.15) is 187 Å². The standard InChI is InChI=1S/C53H86N2O5/c1-3-5-7-9-11-13-15-16-17-18-19-20-21-22-23-24-25-26-28-30-32-37-41-47-52(57)60-49(43-38-34-31-29-27-14-12-10-8-6-4-2)44-39-35-33-36-40-46-51(56)55-50(53(58)59)45-42-48-54/h5-8,11-14,16-17,19-20,22-23,29,31,38,43,49-50H,3-4,9-10,15,18,21,24-28,30,32-37,39-42,44-48,54H2,1-2H3,(H,55,56)(H,58,59)/b7-5-,8-6-,13-11-,14-12-,17-16-,20-19-,23-22-,31-29-,43-38-. The van der Waals surface area contributed by atoms with Crippen LogP contribution in [-0.2, 0) is 19.1 Å². The van der Waals surface area contributed by atoms with Crippen LogP contribution in [0.4, 0.5) is 0 Å². The summed E-state index contributed by atoms with van der Waals surface area (Å²) in [6, 6.07) is -0.874. The lowest BCUT2D eigenvalue weighted by molar-refractivity contribution is -0.147. The van der Waals surface area contributed by atoms with Crippen LogP contribution < -0.4 is 11.1 Å². The molecule has 0 aromatic heterocycles. The van der Waals surface area contributed by atoms with Gasteiger partial charge in [0.1, 0.15) is 12.1 Å². The van der Waals surface area contributed by atoms with E-state index >= 15 is 0 Å². The summed E-state index contributed by atoms with van der Waals surface area (Å²) in [5, 5.41) is 11.9. The van der Waals surface area contributed by atoms with E-state index in [1.165, 1.54) is 25.7 Å². The zero-order valence-corrected chi connectivity index (χ0v) is 38.0. The van der Waals surface area contributed by atoms with Gasteiger partial charge in [-0.25, -0.2) is 4.79 Å². The van der Waals surface area contributed by atoms with Crippen molar-refractivity contribution < 1.29 is 24.2 Å². The molecule has 7 heteroatoms. The summed E-state index contributed by atoms with van der Waals surface area (Å²) in [7, 11) is 0. The van der Waals surface area contributed by atoms with E-state index in [4.69, 9.17) is 10.5 Å². The number of hydrogen-bond acceptors (Lipinski definition) is 5. The second kappa shape index (κ2) is 46.1. The molecule has 2 unspecified atom stereocenters. The summed E-state index contributed by atoms with van der Waals surface area (Å²) in [4.78, 5) is 36.4. The minimum Gasteiger partial charge on any atom is -0.480 e. The van der Waals surface area contributed by atoms with Crippen molar-refractivity contribution in [3.8, 4) is 0 Å². The number of unbranched alkanes of at least 4 members (excludes halogenated alkanes) is 11. The summed E-state index contributed by atoms with van der Waals surface area (Å²) in [6.45, 7) is 4.70. The molecule has 0 aromatic carbocycles. The Kier molecular flexibility index (Phi) is 43.1. The molecule has 0 radical (unpaired) electrons. The van der Waals surface area contributed by atoms with Gasteiger partial charge in [-0.1, -0.05) is 169 Å². The Labute approximate surface area is 367 Å². The molecule has 0 bridgehead atoms. The number of carboxylic acids is 1. The highest BCUT2D eigenvalue weighted by Gasteiger charge is 2.18. The van der Waals surface area contributed by atoms with Crippen LogP contribution in [0.25, 0.3) is 0 Å². The summed E-state index contributed by atoms with van der Waals surface area (Å²) in [5.74, 6) is -1.36. The number of esters is 1. The Hall–Kier alpha value is -3.97. The third-order valence-corrected chi connectivity index (χ3v) is 9.82. The van der Waals surface area contributed by atoms with Crippen molar-refractivity contribution in [1.82, 2.24) is 5.32 Å². The number of aliphatic carboxylic acids is 1. The van der Waals surface area contributed by atoms with E-state index < -0.39 is 12.0 Å². The van der Waals surface area contributed by atoms with Crippen LogP contribution in [0.3, 0.4) is 0 Å². The van der Waals surface area contributed by atoms with Gasteiger partial charge < -0.3 is 20.9 Å². The summed E-state index contributed by atoms with van der Waals surface area (Å²) < 4.78 is 5.94. The molecule has 60 heavy (non-hydrogen) atoms. The number of carbonyl (C=O) groups is 3. The van der Waals surface area contributed by atoms with Crippen molar-refractivity contribution in [2.45, 2.75) is 199 Å². The first-order valence-corrected chi connectivity index (χ1v) is 23.7. The molecule has 0 aliphatic heterocycles. The maximum Gasteiger partial charge on any atom is 0.326 e. The Morgan fingerprint density at radius 3 is 1.40 bits per heavy atom. The highest BCUT2D eigenvalue weighted by atomic mass is 16.5. The van der Waals surface area contributed by atoms with Gasteiger partial charge >= 0.3 is 11.9 Å². The monoisotopic (exact) mass is 831 g/mol. The molecule has 0 aliphatic rings. The Morgan fingerprint density at radius 2 is 0.917 bits per heavy atom. The van der Waals surface area contributed by atoms with E-state index in [1.807, 2.05) is 6.08 Å². The highest BCUT2D eigenvalue weighted by Crippen LogP contribution is 2.15. The predicted octanol–water partition coefficient (Wildman–Crippen LogP) is 14.0. The summed E-state index contributed by atoms with van der Waals surface area (Å²) in [5.41, 5.74) is 5.49. The highest BCUT2D eigenvalue weighted by molar-refractivity contribution is 5.83. The molecule has 0 heterocycles. The van der Waals surface area contributed by atoms with E-state index in [0.717, 1.165) is 122 Å². The van der Waals surface area contributed by atoms with E-state index in [-0.39, 0.29) is 18.0 Å². The normalized spacial score (nSPS) is 13.7. The fourth-order valence-corrected chi connectivity index (χ4v) is 6.33. The number of ether oxygens (including phenoxy) is 1. The Bertz CT molecular complexity index is 1300. The molecule has 338 valence electrons. The first kappa shape index (κ1) is 56.0. The zero-order valence-electron chi connectivity index (χ0n) is 38.0. The van der Waals surface area contributed by atoms with Gasteiger partial charge in [-0.3, -0.25) is 9.59 Å². The first-order valence-electron chi connectivity index (χ1n) is 23.7. The average molecular weight is 831 g/mol. The predicted molar refractivity (Wildman–Crippen MR) is 257 cm³/mol. The van der Waals surface area contributed by atoms with Gasteiger partial charge in [0.05, 0.1) is 0 Å². The van der Waals surface area contributed by atoms with Crippen LogP contribution in [0.15, 0.2) is 109 Å². The maximum atomic E-state index is 12.8. The van der Waals surface area contributed by atoms with Crippen LogP contribution in [0.2, 0.25) is 0 Å². The lowest BCUT2D eigenvalue weighted by atomic mass is 10.1. The number of rotatable bonds is 41. The molecule has 0 aliphatic carbocycles. The van der Waals surface area contributed by atoms with Gasteiger partial charge in [0, 0.05) is 12.8 Å². The SMILES string of the molecule is CC/C=C\C/C=C\C/C=C\C/C=C\C/C=C\CCCCCCCCCC(=O)OC(/C=C\C/C=C\C/C=C\C/C=C\CC)CCCCCCCC(=O)NC(CCCN)C(=O)O. The van der Waals surface area contributed by atoms with Crippen molar-refractivity contribution in [3.05, 3.63) is 109 Å². The van der Waals surface area contributed by atoms with E-state index in [9.17, 15) is 19.5 Å². The fraction of sp³-hybridized carbons (Fsp3) is 0.604. The molecule has 0 saturated carbocycles. The third-order valence-electron chi connectivity index (χ3n) is 9.82. The van der Waals surface area contributed by atoms with Crippen LogP contribution in [0.5, 0.6) is 0 Å². The molecule has 0 aromatic rings. The van der Waals surface area contributed by atoms with E-state index in [0.29, 0.717) is 32.2 Å². The number of hydrogen-bond donors (Lipinski definition) is 3. The van der Waals surface area contributed by atoms with Gasteiger partial charge in [0.2, 0.25) is 5.91 Å². The largest absolute Gasteiger partial charge is 0.480 e. The first-order chi connectivity index (χ1) is 29.4. The summed E-state index contributed by atoms with van der Waals surface area (Å²) in [6.07, 6.45) is 64.4. The van der Waals surface area contributed by atoms with Crippen molar-refractivity contribution in [3.63, 3.8) is 0 Å². The molecule has 0 spiro atoms. The van der Waals surface area contributed by atoms with Crippen molar-refractivity contribution >= 4 is 17.8 Å². The second-order valence-corrected chi connectivity index (χ2v) is 15.4. The molecule has 4 N–H and O–H groups in total. The maximum absolute atomic E-state index is 12.8. The smallest absolute Gasteiger partial charge is 0.326 e. The van der Waals surface area contributed by atoms with Gasteiger partial charge in [0.15, 0.2) is 0 Å². The number of amides is 1. The lowest BCUT2D eigenvalue weighted by Gasteiger charge is -2.15. The van der Waals surface area contributed by atoms with Crippen LogP contribution >= 0.6 is 0 Å². The zero-order chi connectivity index (χ0) is 43.8. The number of carbonyl (C=O) groups excluding carboxylic acids is 2. The number of nitrogens with two attached hydrogens (primary N) is 1. The second-order valence-electron chi connectivity index (χ2n) is 15.4. The van der Waals surface area contributed by atoms with Crippen molar-refractivity contribution in [1.29, 1.82) is 0 Å². The molecule has 2 atom stereocenters. The van der Waals surface area contributed by atoms with E-state index in [2.05, 4.69) is 122 Å². The molecule has 0 rings (SSSR count). The van der Waals surface area contributed by atoms with Gasteiger partial charge in [-0.2, -0.15) is 0 Å². The number of nitrogens with one attached hydrogen (secondary N) is 1. The lowest BCUT2D eigenvalue weighted by Crippen LogP contribution is -2.40. The minimum absolute atomic E-state index is 0.114. The Morgan fingerprint density at radius 1 is 0.500 bits per heavy atom.